The molecule has 136 valence electrons. The number of carbonyl (C=O) groups excluding carboxylic acids is 2. The van der Waals surface area contributed by atoms with Crippen LogP contribution >= 0.6 is 0 Å². The Morgan fingerprint density at radius 2 is 1.84 bits per heavy atom. The van der Waals surface area contributed by atoms with Crippen molar-refractivity contribution in [2.24, 2.45) is 5.92 Å². The fourth-order valence-corrected chi connectivity index (χ4v) is 3.87. The molecule has 1 unspecified atom stereocenters. The van der Waals surface area contributed by atoms with Gasteiger partial charge in [0.1, 0.15) is 5.82 Å². The predicted molar refractivity (Wildman–Crippen MR) is 94.9 cm³/mol. The lowest BCUT2D eigenvalue weighted by molar-refractivity contribution is -0.121. The Hall–Kier alpha value is -1.75. The minimum absolute atomic E-state index is 0.0410. The molecular formula is C20H27FN2O2. The smallest absolute Gasteiger partial charge is 0.220 e. The van der Waals surface area contributed by atoms with Gasteiger partial charge in [0.2, 0.25) is 5.91 Å². The first kappa shape index (κ1) is 18.1. The van der Waals surface area contributed by atoms with Crippen LogP contribution in [0.5, 0.6) is 0 Å². The molecule has 2 aliphatic rings. The number of rotatable bonds is 5. The van der Waals surface area contributed by atoms with Gasteiger partial charge in [-0.05, 0) is 69.5 Å². The fraction of sp³-hybridized carbons (Fsp3) is 0.600. The minimum Gasteiger partial charge on any atom is -0.353 e. The lowest BCUT2D eigenvalue weighted by atomic mass is 9.88. The maximum Gasteiger partial charge on any atom is 0.220 e. The van der Waals surface area contributed by atoms with Gasteiger partial charge in [-0.25, -0.2) is 4.39 Å². The van der Waals surface area contributed by atoms with E-state index in [1.54, 1.807) is 12.1 Å². The van der Waals surface area contributed by atoms with Crippen LogP contribution in [-0.4, -0.2) is 42.3 Å². The van der Waals surface area contributed by atoms with Crippen LogP contribution in [0, 0.1) is 11.7 Å². The molecule has 0 saturated carbocycles. The third kappa shape index (κ3) is 5.11. The maximum absolute atomic E-state index is 13.0. The van der Waals surface area contributed by atoms with Crippen molar-refractivity contribution >= 4 is 11.7 Å². The molecule has 1 atom stereocenters. The highest BCUT2D eigenvalue weighted by Gasteiger charge is 2.26. The fourth-order valence-electron chi connectivity index (χ4n) is 3.87. The predicted octanol–water partition coefficient (Wildman–Crippen LogP) is 3.17. The Morgan fingerprint density at radius 1 is 1.12 bits per heavy atom. The molecule has 1 aromatic rings. The molecule has 4 nitrogen and oxygen atoms in total. The van der Waals surface area contributed by atoms with Crippen molar-refractivity contribution in [2.75, 3.05) is 19.6 Å². The van der Waals surface area contributed by atoms with Gasteiger partial charge in [0.15, 0.2) is 5.78 Å². The second-order valence-electron chi connectivity index (χ2n) is 7.29. The number of benzene rings is 1. The van der Waals surface area contributed by atoms with Crippen LogP contribution < -0.4 is 5.32 Å². The molecule has 0 bridgehead atoms. The molecule has 0 radical (unpaired) electrons. The number of carbonyl (C=O) groups is 2. The summed E-state index contributed by atoms with van der Waals surface area (Å²) in [6.07, 6.45) is 6.55. The zero-order valence-electron chi connectivity index (χ0n) is 14.7. The highest BCUT2D eigenvalue weighted by atomic mass is 19.1. The number of likely N-dealkylation sites (tertiary alicyclic amines) is 1. The summed E-state index contributed by atoms with van der Waals surface area (Å²) in [6, 6.07) is 6.17. The zero-order chi connectivity index (χ0) is 17.6. The van der Waals surface area contributed by atoms with Gasteiger partial charge in [-0.15, -0.1) is 0 Å². The lowest BCUT2D eigenvalue weighted by Gasteiger charge is -2.32. The van der Waals surface area contributed by atoms with Crippen molar-refractivity contribution in [1.82, 2.24) is 10.2 Å². The SMILES string of the molecule is O=C1CCCCC(CCN2CCC(C(=O)c3ccc(F)cc3)CC2)N1. The summed E-state index contributed by atoms with van der Waals surface area (Å²) in [7, 11) is 0. The van der Waals surface area contributed by atoms with Gasteiger partial charge in [0.05, 0.1) is 0 Å². The number of Topliss-reactive ketones (excluding diaryl/α,β-unsaturated/α-hetero) is 1. The molecule has 0 aromatic heterocycles. The topological polar surface area (TPSA) is 49.4 Å². The number of halogens is 1. The average molecular weight is 346 g/mol. The van der Waals surface area contributed by atoms with E-state index < -0.39 is 0 Å². The van der Waals surface area contributed by atoms with E-state index in [4.69, 9.17) is 0 Å². The molecular weight excluding hydrogens is 319 g/mol. The van der Waals surface area contributed by atoms with Crippen molar-refractivity contribution in [2.45, 2.75) is 51.0 Å². The standard InChI is InChI=1S/C20H27FN2O2/c21-17-7-5-15(6-8-17)20(25)16-9-12-23(13-10-16)14-11-18-3-1-2-4-19(24)22-18/h5-8,16,18H,1-4,9-14H2,(H,22,24). The van der Waals surface area contributed by atoms with Gasteiger partial charge in [0.25, 0.3) is 0 Å². The first-order valence-electron chi connectivity index (χ1n) is 9.43. The summed E-state index contributed by atoms with van der Waals surface area (Å²) < 4.78 is 13.0. The van der Waals surface area contributed by atoms with Gasteiger partial charge in [-0.3, -0.25) is 9.59 Å². The van der Waals surface area contributed by atoms with Gasteiger partial charge >= 0.3 is 0 Å². The molecule has 1 aromatic carbocycles. The van der Waals surface area contributed by atoms with Crippen molar-refractivity contribution < 1.29 is 14.0 Å². The molecule has 0 aliphatic carbocycles. The molecule has 1 N–H and O–H groups in total. The van der Waals surface area contributed by atoms with Crippen molar-refractivity contribution in [1.29, 1.82) is 0 Å². The molecule has 0 spiro atoms. The Kier molecular flexibility index (Phi) is 6.19. The highest BCUT2D eigenvalue weighted by Crippen LogP contribution is 2.22. The first-order chi connectivity index (χ1) is 12.1. The van der Waals surface area contributed by atoms with E-state index in [1.165, 1.54) is 12.1 Å². The van der Waals surface area contributed by atoms with E-state index in [-0.39, 0.29) is 23.4 Å². The number of nitrogens with one attached hydrogen (secondary N) is 1. The van der Waals surface area contributed by atoms with Gasteiger partial charge in [-0.1, -0.05) is 6.42 Å². The Balaban J connectivity index is 1.43. The largest absolute Gasteiger partial charge is 0.353 e. The van der Waals surface area contributed by atoms with E-state index in [0.717, 1.165) is 58.2 Å². The van der Waals surface area contributed by atoms with Crippen molar-refractivity contribution in [3.05, 3.63) is 35.6 Å². The van der Waals surface area contributed by atoms with Crippen molar-refractivity contribution in [3.8, 4) is 0 Å². The second-order valence-corrected chi connectivity index (χ2v) is 7.29. The average Bonchev–Trinajstić information content (AvgIpc) is 2.84. The van der Waals surface area contributed by atoms with E-state index >= 15 is 0 Å². The molecule has 3 rings (SSSR count). The van der Waals surface area contributed by atoms with Crippen molar-refractivity contribution in [3.63, 3.8) is 0 Å². The van der Waals surface area contributed by atoms with E-state index in [1.807, 2.05) is 0 Å². The normalized spacial score (nSPS) is 23.1. The number of nitrogens with zero attached hydrogens (tertiary/aromatic N) is 1. The molecule has 2 fully saturated rings. The van der Waals surface area contributed by atoms with Gasteiger partial charge in [-0.2, -0.15) is 0 Å². The van der Waals surface area contributed by atoms with E-state index in [0.29, 0.717) is 18.0 Å². The molecule has 1 amide bonds. The third-order valence-corrected chi connectivity index (χ3v) is 5.45. The quantitative estimate of drug-likeness (QED) is 0.833. The van der Waals surface area contributed by atoms with Crippen LogP contribution in [0.3, 0.4) is 0 Å². The third-order valence-electron chi connectivity index (χ3n) is 5.45. The molecule has 2 saturated heterocycles. The van der Waals surface area contributed by atoms with E-state index in [2.05, 4.69) is 10.2 Å². The summed E-state index contributed by atoms with van der Waals surface area (Å²) in [5, 5.41) is 3.12. The molecule has 2 heterocycles. The number of amides is 1. The summed E-state index contributed by atoms with van der Waals surface area (Å²) in [5.74, 6) is 0.0538. The molecule has 5 heteroatoms. The highest BCUT2D eigenvalue weighted by molar-refractivity contribution is 5.97. The number of piperidine rings is 1. The summed E-state index contributed by atoms with van der Waals surface area (Å²) in [4.78, 5) is 26.5. The van der Waals surface area contributed by atoms with Crippen LogP contribution in [0.15, 0.2) is 24.3 Å². The zero-order valence-corrected chi connectivity index (χ0v) is 14.7. The molecule has 2 aliphatic heterocycles. The van der Waals surface area contributed by atoms with Crippen LogP contribution in [0.4, 0.5) is 4.39 Å². The Labute approximate surface area is 148 Å². The Bertz CT molecular complexity index is 594. The summed E-state index contributed by atoms with van der Waals surface area (Å²) in [5.41, 5.74) is 0.612. The van der Waals surface area contributed by atoms with Crippen LogP contribution in [0.2, 0.25) is 0 Å². The van der Waals surface area contributed by atoms with Crippen LogP contribution in [-0.2, 0) is 4.79 Å². The second kappa shape index (κ2) is 8.56. The first-order valence-corrected chi connectivity index (χ1v) is 9.43. The summed E-state index contributed by atoms with van der Waals surface area (Å²) in [6.45, 7) is 2.80. The molecule has 25 heavy (non-hydrogen) atoms. The van der Waals surface area contributed by atoms with Gasteiger partial charge in [0, 0.05) is 30.5 Å². The lowest BCUT2D eigenvalue weighted by Crippen LogP contribution is -2.40. The summed E-state index contributed by atoms with van der Waals surface area (Å²) >= 11 is 0. The number of ketones is 1. The maximum atomic E-state index is 13.0. The minimum atomic E-state index is -0.308. The number of hydrogen-bond donors (Lipinski definition) is 1. The monoisotopic (exact) mass is 346 g/mol. The Morgan fingerprint density at radius 3 is 2.56 bits per heavy atom. The number of hydrogen-bond acceptors (Lipinski definition) is 3. The van der Waals surface area contributed by atoms with Crippen LogP contribution in [0.1, 0.15) is 55.3 Å². The van der Waals surface area contributed by atoms with Gasteiger partial charge < -0.3 is 10.2 Å². The van der Waals surface area contributed by atoms with Crippen LogP contribution in [0.25, 0.3) is 0 Å². The van der Waals surface area contributed by atoms with E-state index in [9.17, 15) is 14.0 Å².